The van der Waals surface area contributed by atoms with Gasteiger partial charge in [-0.15, -0.1) is 0 Å². The monoisotopic (exact) mass is 230 g/mol. The van der Waals surface area contributed by atoms with Crippen molar-refractivity contribution in [3.8, 4) is 0 Å². The zero-order chi connectivity index (χ0) is 12.0. The number of nitrogens with two attached hydrogens (primary N) is 1. The summed E-state index contributed by atoms with van der Waals surface area (Å²) >= 11 is 0. The van der Waals surface area contributed by atoms with Crippen LogP contribution in [0.5, 0.6) is 0 Å². The third-order valence-corrected chi connectivity index (χ3v) is 2.92. The molecule has 94 valence electrons. The molecule has 0 aromatic rings. The zero-order valence-corrected chi connectivity index (χ0v) is 10.1. The van der Waals surface area contributed by atoms with Gasteiger partial charge in [-0.25, -0.2) is 0 Å². The summed E-state index contributed by atoms with van der Waals surface area (Å²) in [7, 11) is 1.56. The molecule has 1 fully saturated rings. The van der Waals surface area contributed by atoms with Gasteiger partial charge >= 0.3 is 0 Å². The number of methoxy groups -OCH3 is 1. The molecule has 0 radical (unpaired) electrons. The Hall–Kier alpha value is -0.650. The Bertz CT molecular complexity index is 213. The van der Waals surface area contributed by atoms with Crippen molar-refractivity contribution < 1.29 is 14.3 Å². The topological polar surface area (TPSA) is 73.6 Å². The molecular weight excluding hydrogens is 208 g/mol. The van der Waals surface area contributed by atoms with E-state index in [1.807, 2.05) is 6.92 Å². The molecule has 5 heteroatoms. The fourth-order valence-electron chi connectivity index (χ4n) is 1.87. The number of nitrogens with one attached hydrogen (secondary N) is 1. The quantitative estimate of drug-likeness (QED) is 0.675. The minimum absolute atomic E-state index is 0.0275. The Balaban J connectivity index is 2.26. The lowest BCUT2D eigenvalue weighted by Gasteiger charge is -2.21. The summed E-state index contributed by atoms with van der Waals surface area (Å²) in [6, 6.07) is 0.0604. The maximum absolute atomic E-state index is 11.6. The van der Waals surface area contributed by atoms with Gasteiger partial charge in [0.2, 0.25) is 5.91 Å². The van der Waals surface area contributed by atoms with Crippen LogP contribution in [-0.4, -0.2) is 44.4 Å². The standard InChI is InChI=1S/C11H22N2O3/c1-8(10-4-3-5-16-10)13-11(14)6-9(7-12)15-2/h8-10H,3-7,12H2,1-2H3,(H,13,14). The molecule has 5 nitrogen and oxygen atoms in total. The van der Waals surface area contributed by atoms with Crippen LogP contribution in [0.4, 0.5) is 0 Å². The highest BCUT2D eigenvalue weighted by Gasteiger charge is 2.24. The van der Waals surface area contributed by atoms with Crippen molar-refractivity contribution >= 4 is 5.91 Å². The molecule has 1 amide bonds. The molecule has 1 heterocycles. The highest BCUT2D eigenvalue weighted by Crippen LogP contribution is 2.15. The lowest BCUT2D eigenvalue weighted by Crippen LogP contribution is -2.42. The summed E-state index contributed by atoms with van der Waals surface area (Å²) < 4.78 is 10.6. The Labute approximate surface area is 96.7 Å². The summed E-state index contributed by atoms with van der Waals surface area (Å²) in [5.41, 5.74) is 5.45. The Morgan fingerprint density at radius 3 is 2.94 bits per heavy atom. The third-order valence-electron chi connectivity index (χ3n) is 2.92. The van der Waals surface area contributed by atoms with Crippen LogP contribution in [0.15, 0.2) is 0 Å². The average molecular weight is 230 g/mol. The van der Waals surface area contributed by atoms with Crippen LogP contribution in [0.2, 0.25) is 0 Å². The molecule has 1 rings (SSSR count). The van der Waals surface area contributed by atoms with Crippen LogP contribution in [0.1, 0.15) is 26.2 Å². The van der Waals surface area contributed by atoms with E-state index >= 15 is 0 Å². The first-order valence-corrected chi connectivity index (χ1v) is 5.81. The minimum Gasteiger partial charge on any atom is -0.380 e. The van der Waals surface area contributed by atoms with E-state index in [0.717, 1.165) is 19.4 Å². The largest absolute Gasteiger partial charge is 0.380 e. The molecule has 16 heavy (non-hydrogen) atoms. The van der Waals surface area contributed by atoms with Crippen molar-refractivity contribution in [2.45, 2.75) is 44.4 Å². The van der Waals surface area contributed by atoms with Gasteiger partial charge < -0.3 is 20.5 Å². The fraction of sp³-hybridized carbons (Fsp3) is 0.909. The summed E-state index contributed by atoms with van der Waals surface area (Å²) in [5, 5.41) is 2.92. The molecule has 3 N–H and O–H groups in total. The molecule has 1 saturated heterocycles. The number of carbonyl (C=O) groups excluding carboxylic acids is 1. The highest BCUT2D eigenvalue weighted by atomic mass is 16.5. The second-order valence-electron chi connectivity index (χ2n) is 4.21. The normalized spacial score (nSPS) is 24.1. The molecule has 0 aromatic heterocycles. The number of amides is 1. The first kappa shape index (κ1) is 13.4. The van der Waals surface area contributed by atoms with Crippen LogP contribution < -0.4 is 11.1 Å². The van der Waals surface area contributed by atoms with Crippen molar-refractivity contribution in [3.05, 3.63) is 0 Å². The van der Waals surface area contributed by atoms with Gasteiger partial charge in [-0.2, -0.15) is 0 Å². The van der Waals surface area contributed by atoms with Gasteiger partial charge in [-0.3, -0.25) is 4.79 Å². The van der Waals surface area contributed by atoms with Gasteiger partial charge in [0.1, 0.15) is 0 Å². The summed E-state index contributed by atoms with van der Waals surface area (Å²) in [6.45, 7) is 3.13. The van der Waals surface area contributed by atoms with Crippen LogP contribution in [0.25, 0.3) is 0 Å². The maximum atomic E-state index is 11.6. The molecule has 1 aliphatic heterocycles. The van der Waals surface area contributed by atoms with Gasteiger partial charge in [0.25, 0.3) is 0 Å². The summed E-state index contributed by atoms with van der Waals surface area (Å²) in [4.78, 5) is 11.6. The predicted molar refractivity (Wildman–Crippen MR) is 61.0 cm³/mol. The van der Waals surface area contributed by atoms with Gasteiger partial charge in [0.15, 0.2) is 0 Å². The maximum Gasteiger partial charge on any atom is 0.222 e. The molecule has 0 aliphatic carbocycles. The lowest BCUT2D eigenvalue weighted by atomic mass is 10.1. The van der Waals surface area contributed by atoms with E-state index in [2.05, 4.69) is 5.32 Å². The van der Waals surface area contributed by atoms with Crippen molar-refractivity contribution in [1.82, 2.24) is 5.32 Å². The first-order valence-electron chi connectivity index (χ1n) is 5.81. The second-order valence-corrected chi connectivity index (χ2v) is 4.21. The molecule has 0 bridgehead atoms. The van der Waals surface area contributed by atoms with E-state index in [-0.39, 0.29) is 24.2 Å². The zero-order valence-electron chi connectivity index (χ0n) is 10.1. The lowest BCUT2D eigenvalue weighted by molar-refractivity contribution is -0.124. The van der Waals surface area contributed by atoms with Crippen LogP contribution in [0, 0.1) is 0 Å². The van der Waals surface area contributed by atoms with Crippen LogP contribution >= 0.6 is 0 Å². The second kappa shape index (κ2) is 6.83. The molecule has 1 aliphatic rings. The molecule has 3 atom stereocenters. The van der Waals surface area contributed by atoms with Gasteiger partial charge in [-0.05, 0) is 19.8 Å². The van der Waals surface area contributed by atoms with Crippen molar-refractivity contribution in [2.75, 3.05) is 20.3 Å². The molecule has 0 saturated carbocycles. The Kier molecular flexibility index (Phi) is 5.73. The van der Waals surface area contributed by atoms with E-state index in [4.69, 9.17) is 15.2 Å². The summed E-state index contributed by atoms with van der Waals surface area (Å²) in [5.74, 6) is -0.0275. The van der Waals surface area contributed by atoms with E-state index in [1.165, 1.54) is 0 Å². The number of carbonyl (C=O) groups is 1. The van der Waals surface area contributed by atoms with Crippen molar-refractivity contribution in [3.63, 3.8) is 0 Å². The smallest absolute Gasteiger partial charge is 0.222 e. The highest BCUT2D eigenvalue weighted by molar-refractivity contribution is 5.76. The number of hydrogen-bond donors (Lipinski definition) is 2. The van der Waals surface area contributed by atoms with Crippen LogP contribution in [0.3, 0.4) is 0 Å². The Morgan fingerprint density at radius 2 is 2.44 bits per heavy atom. The fourth-order valence-corrected chi connectivity index (χ4v) is 1.87. The molecule has 0 aromatic carbocycles. The molecule has 3 unspecified atom stereocenters. The van der Waals surface area contributed by atoms with Crippen molar-refractivity contribution in [1.29, 1.82) is 0 Å². The van der Waals surface area contributed by atoms with Crippen LogP contribution in [-0.2, 0) is 14.3 Å². The average Bonchev–Trinajstić information content (AvgIpc) is 2.79. The van der Waals surface area contributed by atoms with E-state index < -0.39 is 0 Å². The third kappa shape index (κ3) is 4.08. The summed E-state index contributed by atoms with van der Waals surface area (Å²) in [6.07, 6.45) is 2.37. The van der Waals surface area contributed by atoms with Crippen molar-refractivity contribution in [2.24, 2.45) is 5.73 Å². The number of ether oxygens (including phenoxy) is 2. The SMILES string of the molecule is COC(CN)CC(=O)NC(C)C1CCCO1. The van der Waals surface area contributed by atoms with Gasteiger partial charge in [-0.1, -0.05) is 0 Å². The molecular formula is C11H22N2O3. The predicted octanol–water partition coefficient (Wildman–Crippen LogP) is 0.0339. The minimum atomic E-state index is -0.198. The molecule has 0 spiro atoms. The Morgan fingerprint density at radius 1 is 1.69 bits per heavy atom. The van der Waals surface area contributed by atoms with E-state index in [9.17, 15) is 4.79 Å². The van der Waals surface area contributed by atoms with E-state index in [0.29, 0.717) is 13.0 Å². The first-order chi connectivity index (χ1) is 7.67. The number of hydrogen-bond acceptors (Lipinski definition) is 4. The van der Waals surface area contributed by atoms with Gasteiger partial charge in [0, 0.05) is 20.3 Å². The van der Waals surface area contributed by atoms with E-state index in [1.54, 1.807) is 7.11 Å². The van der Waals surface area contributed by atoms with Gasteiger partial charge in [0.05, 0.1) is 24.7 Å². The number of rotatable bonds is 6.